The summed E-state index contributed by atoms with van der Waals surface area (Å²) in [5, 5.41) is 4.32. The third-order valence-corrected chi connectivity index (χ3v) is 13.6. The lowest BCUT2D eigenvalue weighted by Crippen LogP contribution is -2.14. The van der Waals surface area contributed by atoms with Gasteiger partial charge >= 0.3 is 0 Å². The van der Waals surface area contributed by atoms with Gasteiger partial charge in [0.05, 0.1) is 22.1 Å². The molecule has 0 saturated carbocycles. The number of aromatic nitrogens is 2. The standard InChI is InChI=1S/C64H46N4/c1-3-11-49(12-4-1)67-61-17-9-7-15-57(61)59-41-55(35-37-63(59)67)65(53-33-27-45-19-21-47(45)39-53)51-29-23-43(24-30-51)44-25-31-52(32-26-44)66(54-34-28-46-20-22-48(46)40-54)56-36-38-64-60(42-56)58-16-8-10-18-62(58)68(64)50-13-5-2-6-14-50/h1-18,23-42H,19-22H2/i19D2,20D2,21D2,22D2. The molecule has 0 N–H and O–H groups in total. The highest BCUT2D eigenvalue weighted by molar-refractivity contribution is 6.12. The van der Waals surface area contributed by atoms with E-state index in [1.54, 1.807) is 24.3 Å². The highest BCUT2D eigenvalue weighted by atomic mass is 15.1. The summed E-state index contributed by atoms with van der Waals surface area (Å²) in [4.78, 5) is 4.22. The largest absolute Gasteiger partial charge is 0.310 e. The Morgan fingerprint density at radius 3 is 1.06 bits per heavy atom. The van der Waals surface area contributed by atoms with Crippen molar-refractivity contribution in [3.05, 3.63) is 253 Å². The molecule has 68 heavy (non-hydrogen) atoms. The van der Waals surface area contributed by atoms with Crippen LogP contribution in [0.4, 0.5) is 34.1 Å². The minimum Gasteiger partial charge on any atom is -0.310 e. The van der Waals surface area contributed by atoms with E-state index in [0.29, 0.717) is 33.6 Å². The molecule has 14 rings (SSSR count). The average Bonchev–Trinajstić information content (AvgIpc) is 4.12. The van der Waals surface area contributed by atoms with E-state index in [0.717, 1.165) is 88.9 Å². The Bertz CT molecular complexity index is 4020. The fourth-order valence-electron chi connectivity index (χ4n) is 10.3. The topological polar surface area (TPSA) is 16.3 Å². The third-order valence-electron chi connectivity index (χ3n) is 13.6. The SMILES string of the molecule is [2H]C1([2H])c2ccc(N(c3ccc(-c4ccc(N(c5ccc6c(c5)C([2H])([2H])C6([2H])[2H])c5ccc6c(c5)c5ccccc5n6-c5ccccc5)cc4)cc3)c3ccc4c(c3)c3ccccc3n4-c3ccccc3)cc2C1([2H])[2H]. The zero-order valence-electron chi connectivity index (χ0n) is 44.7. The first-order chi connectivity index (χ1) is 36.7. The van der Waals surface area contributed by atoms with Crippen molar-refractivity contribution < 1.29 is 11.0 Å². The molecule has 0 bridgehead atoms. The summed E-state index contributed by atoms with van der Waals surface area (Å²) in [6.45, 7) is 0. The first-order valence-electron chi connectivity index (χ1n) is 27.0. The van der Waals surface area contributed by atoms with Crippen LogP contribution in [0.25, 0.3) is 66.1 Å². The molecule has 0 aliphatic heterocycles. The van der Waals surface area contributed by atoms with E-state index in [-0.39, 0.29) is 0 Å². The number of hydrogen-bond acceptors (Lipinski definition) is 2. The summed E-state index contributed by atoms with van der Waals surface area (Å²) in [5.74, 6) is 0. The first-order valence-corrected chi connectivity index (χ1v) is 23.0. The molecule has 10 aromatic carbocycles. The van der Waals surface area contributed by atoms with Gasteiger partial charge in [0.25, 0.3) is 0 Å². The lowest BCUT2D eigenvalue weighted by Gasteiger charge is -2.29. The predicted octanol–water partition coefficient (Wildman–Crippen LogP) is 16.7. The van der Waals surface area contributed by atoms with Crippen molar-refractivity contribution in [3.8, 4) is 22.5 Å². The Labute approximate surface area is 407 Å². The van der Waals surface area contributed by atoms with Crippen molar-refractivity contribution in [3.63, 3.8) is 0 Å². The summed E-state index contributed by atoms with van der Waals surface area (Å²) < 4.78 is 73.5. The smallest absolute Gasteiger partial charge is 0.0542 e. The van der Waals surface area contributed by atoms with Crippen molar-refractivity contribution in [2.45, 2.75) is 25.5 Å². The molecule has 2 aliphatic rings. The van der Waals surface area contributed by atoms with Gasteiger partial charge < -0.3 is 18.9 Å². The molecule has 2 aliphatic carbocycles. The van der Waals surface area contributed by atoms with Gasteiger partial charge in [0.15, 0.2) is 0 Å². The van der Waals surface area contributed by atoms with Crippen molar-refractivity contribution in [2.24, 2.45) is 0 Å². The summed E-state index contributed by atoms with van der Waals surface area (Å²) in [6.07, 6.45) is -8.48. The molecular weight excluding hydrogens is 825 g/mol. The minimum atomic E-state index is -2.15. The zero-order valence-corrected chi connectivity index (χ0v) is 36.7. The molecule has 0 atom stereocenters. The van der Waals surface area contributed by atoms with Gasteiger partial charge in [-0.05, 0) is 180 Å². The minimum absolute atomic E-state index is 0.343. The summed E-state index contributed by atoms with van der Waals surface area (Å²) in [5.41, 5.74) is 14.6. The van der Waals surface area contributed by atoms with Crippen LogP contribution < -0.4 is 9.80 Å². The number of fused-ring (bicyclic) bond motifs is 8. The lowest BCUT2D eigenvalue weighted by molar-refractivity contribution is 0.839. The average molecular weight is 879 g/mol. The second-order valence-electron chi connectivity index (χ2n) is 17.5. The Balaban J connectivity index is 0.862. The third kappa shape index (κ3) is 6.22. The maximum absolute atomic E-state index is 8.72. The van der Waals surface area contributed by atoms with Gasteiger partial charge in [-0.25, -0.2) is 0 Å². The van der Waals surface area contributed by atoms with E-state index in [2.05, 4.69) is 177 Å². The van der Waals surface area contributed by atoms with E-state index in [1.807, 2.05) is 48.5 Å². The van der Waals surface area contributed by atoms with Crippen LogP contribution in [0, 0.1) is 0 Å². The highest BCUT2D eigenvalue weighted by Crippen LogP contribution is 2.44. The predicted molar refractivity (Wildman–Crippen MR) is 285 cm³/mol. The number of hydrogen-bond donors (Lipinski definition) is 0. The normalized spacial score (nSPS) is 17.5. The van der Waals surface area contributed by atoms with Crippen molar-refractivity contribution >= 4 is 77.7 Å². The van der Waals surface area contributed by atoms with Crippen LogP contribution in [0.2, 0.25) is 0 Å². The number of aryl methyl sites for hydroxylation is 4. The van der Waals surface area contributed by atoms with Crippen LogP contribution in [0.15, 0.2) is 231 Å². The van der Waals surface area contributed by atoms with Crippen LogP contribution in [0.3, 0.4) is 0 Å². The van der Waals surface area contributed by atoms with Crippen LogP contribution in [0.5, 0.6) is 0 Å². The molecular formula is C64H46N4. The summed E-state index contributed by atoms with van der Waals surface area (Å²) in [7, 11) is 0. The molecule has 12 aromatic rings. The van der Waals surface area contributed by atoms with Gasteiger partial charge in [-0.3, -0.25) is 0 Å². The number of anilines is 6. The van der Waals surface area contributed by atoms with Gasteiger partial charge in [-0.15, -0.1) is 0 Å². The van der Waals surface area contributed by atoms with E-state index < -0.39 is 25.5 Å². The Kier molecular flexibility index (Phi) is 7.15. The van der Waals surface area contributed by atoms with Crippen LogP contribution in [-0.4, -0.2) is 9.13 Å². The van der Waals surface area contributed by atoms with E-state index in [4.69, 9.17) is 11.0 Å². The van der Waals surface area contributed by atoms with Crippen molar-refractivity contribution in [1.29, 1.82) is 0 Å². The molecule has 0 amide bonds. The fourth-order valence-corrected chi connectivity index (χ4v) is 10.3. The molecule has 322 valence electrons. The molecule has 0 radical (unpaired) electrons. The van der Waals surface area contributed by atoms with Gasteiger partial charge in [-0.1, -0.05) is 109 Å². The van der Waals surface area contributed by atoms with Gasteiger partial charge in [0, 0.05) is 78.0 Å². The summed E-state index contributed by atoms with van der Waals surface area (Å²) >= 11 is 0. The number of rotatable bonds is 9. The van der Waals surface area contributed by atoms with Crippen molar-refractivity contribution in [1.82, 2.24) is 9.13 Å². The second kappa shape index (κ2) is 15.5. The van der Waals surface area contributed by atoms with Crippen LogP contribution in [0.1, 0.15) is 33.2 Å². The molecule has 2 heterocycles. The Morgan fingerprint density at radius 1 is 0.279 bits per heavy atom. The number of para-hydroxylation sites is 4. The van der Waals surface area contributed by atoms with Gasteiger partial charge in [0.2, 0.25) is 0 Å². The molecule has 2 aromatic heterocycles. The van der Waals surface area contributed by atoms with E-state index in [1.165, 1.54) is 0 Å². The maximum atomic E-state index is 8.72. The molecule has 0 fully saturated rings. The number of nitrogens with zero attached hydrogens (tertiary/aromatic N) is 4. The monoisotopic (exact) mass is 878 g/mol. The van der Waals surface area contributed by atoms with Crippen molar-refractivity contribution in [2.75, 3.05) is 9.80 Å². The molecule has 0 saturated heterocycles. The van der Waals surface area contributed by atoms with Gasteiger partial charge in [-0.2, -0.15) is 0 Å². The molecule has 0 unspecified atom stereocenters. The van der Waals surface area contributed by atoms with Crippen LogP contribution >= 0.6 is 0 Å². The quantitative estimate of drug-likeness (QED) is 0.144. The zero-order chi connectivity index (χ0) is 51.9. The Morgan fingerprint density at radius 2 is 0.618 bits per heavy atom. The van der Waals surface area contributed by atoms with E-state index >= 15 is 0 Å². The first kappa shape index (κ1) is 31.3. The van der Waals surface area contributed by atoms with Gasteiger partial charge in [0.1, 0.15) is 0 Å². The lowest BCUT2D eigenvalue weighted by atomic mass is 9.88. The highest BCUT2D eigenvalue weighted by Gasteiger charge is 2.23. The fraction of sp³-hybridized carbons (Fsp3) is 0.0625. The second-order valence-corrected chi connectivity index (χ2v) is 17.5. The van der Waals surface area contributed by atoms with E-state index in [9.17, 15) is 0 Å². The van der Waals surface area contributed by atoms with Crippen LogP contribution in [-0.2, 0) is 25.5 Å². The summed E-state index contributed by atoms with van der Waals surface area (Å²) in [6, 6.07) is 77.6. The maximum Gasteiger partial charge on any atom is 0.0542 e. The molecule has 4 nitrogen and oxygen atoms in total. The molecule has 4 heteroatoms. The molecule has 0 spiro atoms. The Hall–Kier alpha value is -8.60. The number of benzene rings is 10.